The zero-order valence-corrected chi connectivity index (χ0v) is 17.4. The molecule has 0 unspecified atom stereocenters. The lowest BCUT2D eigenvalue weighted by Gasteiger charge is -2.10. The van der Waals surface area contributed by atoms with Crippen LogP contribution in [0.5, 0.6) is 23.0 Å². The molecular weight excluding hydrogens is 390 g/mol. The Hall–Kier alpha value is -3.75. The predicted molar refractivity (Wildman–Crippen MR) is 113 cm³/mol. The van der Waals surface area contributed by atoms with Crippen LogP contribution in [0.2, 0.25) is 0 Å². The number of ether oxygens (including phenoxy) is 4. The number of carbonyl (C=O) groups excluding carboxylic acids is 2. The van der Waals surface area contributed by atoms with Gasteiger partial charge in [-0.15, -0.1) is 0 Å². The molecule has 9 heteroatoms. The lowest BCUT2D eigenvalue weighted by atomic mass is 10.2. The van der Waals surface area contributed by atoms with Gasteiger partial charge in [-0.05, 0) is 31.2 Å². The standard InChI is InChI=1S/C21H25N3O6/c1-14(10-20(25)22-15-8-9-18(28-3)19(11-15)29-4)23-24-21(26)13-30-17-7-5-6-16(12-17)27-2/h5-9,11-12H,10,13H2,1-4H3,(H,22,25)(H,24,26)/b23-14+. The molecule has 0 fully saturated rings. The third kappa shape index (κ3) is 7.01. The number of amides is 2. The molecule has 30 heavy (non-hydrogen) atoms. The highest BCUT2D eigenvalue weighted by molar-refractivity contribution is 6.05. The van der Waals surface area contributed by atoms with Crippen LogP contribution in [-0.2, 0) is 9.59 Å². The van der Waals surface area contributed by atoms with Gasteiger partial charge in [0.05, 0.1) is 27.8 Å². The summed E-state index contributed by atoms with van der Waals surface area (Å²) in [4.78, 5) is 24.1. The van der Waals surface area contributed by atoms with Crippen molar-refractivity contribution in [3.63, 3.8) is 0 Å². The Morgan fingerprint density at radius 1 is 0.900 bits per heavy atom. The van der Waals surface area contributed by atoms with Crippen LogP contribution in [0.25, 0.3) is 0 Å². The van der Waals surface area contributed by atoms with E-state index in [0.717, 1.165) is 0 Å². The van der Waals surface area contributed by atoms with Crippen LogP contribution in [-0.4, -0.2) is 45.5 Å². The van der Waals surface area contributed by atoms with Crippen LogP contribution in [0.3, 0.4) is 0 Å². The van der Waals surface area contributed by atoms with E-state index in [4.69, 9.17) is 18.9 Å². The molecule has 0 radical (unpaired) electrons. The molecule has 2 amide bonds. The number of hydrogen-bond acceptors (Lipinski definition) is 7. The third-order valence-electron chi connectivity index (χ3n) is 3.87. The molecule has 0 atom stereocenters. The number of nitrogens with zero attached hydrogens (tertiary/aromatic N) is 1. The fourth-order valence-electron chi connectivity index (χ4n) is 2.42. The molecule has 0 saturated carbocycles. The number of hydrogen-bond donors (Lipinski definition) is 2. The Balaban J connectivity index is 1.81. The Labute approximate surface area is 175 Å². The summed E-state index contributed by atoms with van der Waals surface area (Å²) in [6.45, 7) is 1.42. The fourth-order valence-corrected chi connectivity index (χ4v) is 2.42. The van der Waals surface area contributed by atoms with Crippen molar-refractivity contribution in [3.05, 3.63) is 42.5 Å². The van der Waals surface area contributed by atoms with Gasteiger partial charge in [-0.2, -0.15) is 5.10 Å². The molecule has 0 aliphatic heterocycles. The zero-order chi connectivity index (χ0) is 21.9. The van der Waals surface area contributed by atoms with Crippen molar-refractivity contribution in [2.24, 2.45) is 5.10 Å². The van der Waals surface area contributed by atoms with Gasteiger partial charge >= 0.3 is 0 Å². The van der Waals surface area contributed by atoms with Crippen LogP contribution in [0, 0.1) is 0 Å². The number of hydrazone groups is 1. The first-order valence-corrected chi connectivity index (χ1v) is 9.06. The largest absolute Gasteiger partial charge is 0.497 e. The summed E-state index contributed by atoms with van der Waals surface area (Å²) >= 11 is 0. The van der Waals surface area contributed by atoms with Gasteiger partial charge < -0.3 is 24.3 Å². The molecule has 0 aliphatic rings. The number of nitrogens with one attached hydrogen (secondary N) is 2. The van der Waals surface area contributed by atoms with Crippen LogP contribution in [0.15, 0.2) is 47.6 Å². The minimum atomic E-state index is -0.447. The van der Waals surface area contributed by atoms with Crippen LogP contribution in [0.1, 0.15) is 13.3 Å². The minimum Gasteiger partial charge on any atom is -0.497 e. The maximum atomic E-state index is 12.2. The van der Waals surface area contributed by atoms with Crippen molar-refractivity contribution in [2.75, 3.05) is 33.3 Å². The van der Waals surface area contributed by atoms with Crippen LogP contribution >= 0.6 is 0 Å². The molecule has 0 aromatic heterocycles. The quantitative estimate of drug-likeness (QED) is 0.456. The van der Waals surface area contributed by atoms with E-state index < -0.39 is 5.91 Å². The van der Waals surface area contributed by atoms with E-state index in [2.05, 4.69) is 15.8 Å². The number of carbonyl (C=O) groups is 2. The number of benzene rings is 2. The topological polar surface area (TPSA) is 107 Å². The van der Waals surface area contributed by atoms with Crippen LogP contribution < -0.4 is 29.7 Å². The smallest absolute Gasteiger partial charge is 0.277 e. The highest BCUT2D eigenvalue weighted by atomic mass is 16.5. The highest BCUT2D eigenvalue weighted by Gasteiger charge is 2.09. The molecule has 2 N–H and O–H groups in total. The molecule has 0 saturated heterocycles. The van der Waals surface area contributed by atoms with Crippen molar-refractivity contribution in [1.82, 2.24) is 5.43 Å². The fraction of sp³-hybridized carbons (Fsp3) is 0.286. The summed E-state index contributed by atoms with van der Waals surface area (Å²) in [7, 11) is 4.59. The number of rotatable bonds is 10. The zero-order valence-electron chi connectivity index (χ0n) is 17.4. The van der Waals surface area contributed by atoms with E-state index in [1.807, 2.05) is 0 Å². The average Bonchev–Trinajstić information content (AvgIpc) is 2.76. The van der Waals surface area contributed by atoms with Crippen molar-refractivity contribution in [3.8, 4) is 23.0 Å². The monoisotopic (exact) mass is 415 g/mol. The Morgan fingerprint density at radius 3 is 2.33 bits per heavy atom. The molecule has 160 valence electrons. The minimum absolute atomic E-state index is 0.00532. The summed E-state index contributed by atoms with van der Waals surface area (Å²) in [5.74, 6) is 1.46. The van der Waals surface area contributed by atoms with Gasteiger partial charge in [0.15, 0.2) is 18.1 Å². The van der Waals surface area contributed by atoms with Crippen molar-refractivity contribution < 1.29 is 28.5 Å². The summed E-state index contributed by atoms with van der Waals surface area (Å²) in [5.41, 5.74) is 3.35. The second kappa shape index (κ2) is 11.3. The first-order chi connectivity index (χ1) is 14.4. The molecular formula is C21H25N3O6. The van der Waals surface area contributed by atoms with Crippen molar-refractivity contribution in [2.45, 2.75) is 13.3 Å². The average molecular weight is 415 g/mol. The van der Waals surface area contributed by atoms with Crippen molar-refractivity contribution >= 4 is 23.2 Å². The van der Waals surface area contributed by atoms with Gasteiger partial charge in [0.2, 0.25) is 5.91 Å². The lowest BCUT2D eigenvalue weighted by Crippen LogP contribution is -2.26. The summed E-state index contributed by atoms with van der Waals surface area (Å²) in [5, 5.41) is 6.66. The third-order valence-corrected chi connectivity index (χ3v) is 3.87. The first kappa shape index (κ1) is 22.5. The van der Waals surface area contributed by atoms with Crippen LogP contribution in [0.4, 0.5) is 5.69 Å². The normalized spacial score (nSPS) is 10.7. The van der Waals surface area contributed by atoms with Gasteiger partial charge in [-0.3, -0.25) is 9.59 Å². The molecule has 2 rings (SSSR count). The van der Waals surface area contributed by atoms with E-state index in [1.165, 1.54) is 14.2 Å². The molecule has 0 spiro atoms. The van der Waals surface area contributed by atoms with E-state index >= 15 is 0 Å². The highest BCUT2D eigenvalue weighted by Crippen LogP contribution is 2.29. The number of anilines is 1. The van der Waals surface area contributed by atoms with Gasteiger partial charge in [0.25, 0.3) is 5.91 Å². The molecule has 0 aliphatic carbocycles. The molecule has 2 aromatic carbocycles. The van der Waals surface area contributed by atoms with Gasteiger partial charge in [-0.25, -0.2) is 5.43 Å². The SMILES string of the molecule is COc1cccc(OCC(=O)N/N=C(\C)CC(=O)Nc2ccc(OC)c(OC)c2)c1. The molecule has 0 bridgehead atoms. The van der Waals surface area contributed by atoms with E-state index in [9.17, 15) is 9.59 Å². The molecule has 2 aromatic rings. The Kier molecular flexibility index (Phi) is 8.49. The molecule has 9 nitrogen and oxygen atoms in total. The van der Waals surface area contributed by atoms with Crippen molar-refractivity contribution in [1.29, 1.82) is 0 Å². The summed E-state index contributed by atoms with van der Waals surface area (Å²) in [6, 6.07) is 11.9. The van der Waals surface area contributed by atoms with E-state index in [1.54, 1.807) is 56.5 Å². The summed E-state index contributed by atoms with van der Waals surface area (Å²) in [6.07, 6.45) is 0.00532. The second-order valence-corrected chi connectivity index (χ2v) is 6.14. The maximum Gasteiger partial charge on any atom is 0.277 e. The molecule has 0 heterocycles. The first-order valence-electron chi connectivity index (χ1n) is 9.06. The number of methoxy groups -OCH3 is 3. The second-order valence-electron chi connectivity index (χ2n) is 6.14. The Morgan fingerprint density at radius 2 is 1.63 bits per heavy atom. The Bertz CT molecular complexity index is 913. The maximum absolute atomic E-state index is 12.2. The van der Waals surface area contributed by atoms with E-state index in [-0.39, 0.29) is 18.9 Å². The van der Waals surface area contributed by atoms with Gasteiger partial charge in [0.1, 0.15) is 11.5 Å². The summed E-state index contributed by atoms with van der Waals surface area (Å²) < 4.78 is 20.8. The van der Waals surface area contributed by atoms with E-state index in [0.29, 0.717) is 34.4 Å². The van der Waals surface area contributed by atoms with Gasteiger partial charge in [0, 0.05) is 23.5 Å². The van der Waals surface area contributed by atoms with Gasteiger partial charge in [-0.1, -0.05) is 6.07 Å². The predicted octanol–water partition coefficient (Wildman–Crippen LogP) is 2.61. The lowest BCUT2D eigenvalue weighted by molar-refractivity contribution is -0.123.